The van der Waals surface area contributed by atoms with Crippen LogP contribution < -0.4 is 16.0 Å². The molecule has 3 rings (SSSR count). The minimum Gasteiger partial charge on any atom is -0.364 e. The van der Waals surface area contributed by atoms with Gasteiger partial charge in [0.05, 0.1) is 11.3 Å². The quantitative estimate of drug-likeness (QED) is 0.847. The number of hydrogen-bond donors (Lipinski definition) is 2. The molecule has 3 N–H and O–H groups in total. The van der Waals surface area contributed by atoms with E-state index in [1.54, 1.807) is 6.07 Å². The van der Waals surface area contributed by atoms with Gasteiger partial charge in [0.25, 0.3) is 11.8 Å². The van der Waals surface area contributed by atoms with Gasteiger partial charge < -0.3 is 16.0 Å². The molecule has 0 saturated carbocycles. The van der Waals surface area contributed by atoms with Crippen molar-refractivity contribution in [1.29, 1.82) is 0 Å². The minimum atomic E-state index is -0.610. The molecule has 132 valence electrons. The first-order chi connectivity index (χ1) is 11.9. The normalized spacial score (nSPS) is 17.4. The fourth-order valence-corrected chi connectivity index (χ4v) is 3.14. The molecule has 8 nitrogen and oxygen atoms in total. The number of hydrogen-bond acceptors (Lipinski definition) is 5. The van der Waals surface area contributed by atoms with Crippen molar-refractivity contribution < 1.29 is 9.59 Å². The maximum absolute atomic E-state index is 12.4. The van der Waals surface area contributed by atoms with Crippen molar-refractivity contribution in [2.75, 3.05) is 18.0 Å². The van der Waals surface area contributed by atoms with E-state index in [1.807, 2.05) is 18.7 Å². The summed E-state index contributed by atoms with van der Waals surface area (Å²) in [7, 11) is 1.93. The monoisotopic (exact) mass is 342 g/mol. The van der Waals surface area contributed by atoms with E-state index in [1.165, 1.54) is 12.3 Å². The Morgan fingerprint density at radius 1 is 1.36 bits per heavy atom. The highest BCUT2D eigenvalue weighted by Gasteiger charge is 2.24. The summed E-state index contributed by atoms with van der Waals surface area (Å²) in [6, 6.07) is 5.12. The molecule has 1 unspecified atom stereocenters. The molecular weight excluding hydrogens is 320 g/mol. The van der Waals surface area contributed by atoms with Crippen molar-refractivity contribution in [2.45, 2.75) is 25.8 Å². The first kappa shape index (κ1) is 16.9. The van der Waals surface area contributed by atoms with Gasteiger partial charge in [-0.25, -0.2) is 0 Å². The summed E-state index contributed by atoms with van der Waals surface area (Å²) >= 11 is 0. The van der Waals surface area contributed by atoms with Gasteiger partial charge in [-0.05, 0) is 31.9 Å². The predicted octanol–water partition coefficient (Wildman–Crippen LogP) is 0.621. The zero-order chi connectivity index (χ0) is 18.0. The van der Waals surface area contributed by atoms with Crippen LogP contribution in [-0.4, -0.2) is 45.7 Å². The minimum absolute atomic E-state index is 0.0484. The second-order valence-electron chi connectivity index (χ2n) is 6.32. The fourth-order valence-electron chi connectivity index (χ4n) is 3.14. The van der Waals surface area contributed by atoms with Crippen LogP contribution in [0.25, 0.3) is 0 Å². The summed E-state index contributed by atoms with van der Waals surface area (Å²) in [5.41, 5.74) is 6.70. The lowest BCUT2D eigenvalue weighted by atomic mass is 10.1. The molecule has 2 amide bonds. The van der Waals surface area contributed by atoms with Crippen LogP contribution in [0.1, 0.15) is 39.4 Å². The topological polar surface area (TPSA) is 106 Å². The highest BCUT2D eigenvalue weighted by molar-refractivity contribution is 5.95. The summed E-state index contributed by atoms with van der Waals surface area (Å²) in [4.78, 5) is 29.6. The van der Waals surface area contributed by atoms with E-state index >= 15 is 0 Å². The number of nitrogens with zero attached hydrogens (tertiary/aromatic N) is 4. The number of nitrogens with one attached hydrogen (secondary N) is 1. The zero-order valence-corrected chi connectivity index (χ0v) is 14.4. The van der Waals surface area contributed by atoms with Gasteiger partial charge in [-0.2, -0.15) is 5.10 Å². The van der Waals surface area contributed by atoms with Crippen LogP contribution >= 0.6 is 0 Å². The van der Waals surface area contributed by atoms with E-state index in [0.29, 0.717) is 5.56 Å². The molecular formula is C17H22N6O2. The molecule has 0 bridgehead atoms. The first-order valence-electron chi connectivity index (χ1n) is 8.26. The fraction of sp³-hybridized carbons (Fsp3) is 0.412. The van der Waals surface area contributed by atoms with Crippen molar-refractivity contribution in [1.82, 2.24) is 20.1 Å². The van der Waals surface area contributed by atoms with Crippen LogP contribution in [0.5, 0.6) is 0 Å². The zero-order valence-electron chi connectivity index (χ0n) is 14.4. The SMILES string of the molecule is Cc1cc(N2CCCC(NC(=O)c3ccc(C(N)=O)nc3)C2)n(C)n1. The number of amides is 2. The lowest BCUT2D eigenvalue weighted by Gasteiger charge is -2.34. The van der Waals surface area contributed by atoms with E-state index < -0.39 is 5.91 Å². The Morgan fingerprint density at radius 2 is 2.16 bits per heavy atom. The summed E-state index contributed by atoms with van der Waals surface area (Å²) < 4.78 is 1.87. The molecule has 1 aliphatic heterocycles. The Kier molecular flexibility index (Phi) is 4.69. The molecule has 1 atom stereocenters. The number of carbonyl (C=O) groups is 2. The van der Waals surface area contributed by atoms with E-state index in [-0.39, 0.29) is 17.6 Å². The van der Waals surface area contributed by atoms with Gasteiger partial charge >= 0.3 is 0 Å². The number of aryl methyl sites for hydroxylation is 2. The van der Waals surface area contributed by atoms with Gasteiger partial charge in [0, 0.05) is 38.4 Å². The number of rotatable bonds is 4. The highest BCUT2D eigenvalue weighted by atomic mass is 16.2. The number of carbonyl (C=O) groups excluding carboxylic acids is 2. The lowest BCUT2D eigenvalue weighted by molar-refractivity contribution is 0.0930. The molecule has 2 aromatic heterocycles. The third-order valence-electron chi connectivity index (χ3n) is 4.34. The van der Waals surface area contributed by atoms with Crippen molar-refractivity contribution in [2.24, 2.45) is 12.8 Å². The summed E-state index contributed by atoms with van der Waals surface area (Å²) in [5.74, 6) is 0.252. The summed E-state index contributed by atoms with van der Waals surface area (Å²) in [5, 5.41) is 7.43. The van der Waals surface area contributed by atoms with Crippen LogP contribution in [0.15, 0.2) is 24.4 Å². The van der Waals surface area contributed by atoms with E-state index in [2.05, 4.69) is 26.4 Å². The standard InChI is InChI=1S/C17H22N6O2/c1-11-8-15(22(2)21-11)23-7-3-4-13(10-23)20-17(25)12-5-6-14(16(18)24)19-9-12/h5-6,8-9,13H,3-4,7,10H2,1-2H3,(H2,18,24)(H,20,25). The van der Waals surface area contributed by atoms with E-state index in [9.17, 15) is 9.59 Å². The molecule has 1 fully saturated rings. The van der Waals surface area contributed by atoms with Crippen LogP contribution in [0, 0.1) is 6.92 Å². The Morgan fingerprint density at radius 3 is 2.76 bits per heavy atom. The Bertz CT molecular complexity index is 783. The van der Waals surface area contributed by atoms with Crippen molar-refractivity contribution in [3.63, 3.8) is 0 Å². The maximum atomic E-state index is 12.4. The molecule has 3 heterocycles. The third kappa shape index (κ3) is 3.78. The lowest BCUT2D eigenvalue weighted by Crippen LogP contribution is -2.48. The number of nitrogens with two attached hydrogens (primary N) is 1. The molecule has 0 radical (unpaired) electrons. The van der Waals surface area contributed by atoms with Gasteiger partial charge in [-0.1, -0.05) is 0 Å². The molecule has 0 aliphatic carbocycles. The Balaban J connectivity index is 1.65. The average Bonchev–Trinajstić information content (AvgIpc) is 2.93. The molecule has 2 aromatic rings. The number of pyridine rings is 1. The summed E-state index contributed by atoms with van der Waals surface area (Å²) in [6.45, 7) is 3.65. The van der Waals surface area contributed by atoms with Gasteiger partial charge in [0.15, 0.2) is 0 Å². The van der Waals surface area contributed by atoms with E-state index in [4.69, 9.17) is 5.73 Å². The Labute approximate surface area is 146 Å². The van der Waals surface area contributed by atoms with Crippen molar-refractivity contribution >= 4 is 17.6 Å². The van der Waals surface area contributed by atoms with Gasteiger partial charge in [-0.15, -0.1) is 0 Å². The second kappa shape index (κ2) is 6.92. The first-order valence-corrected chi connectivity index (χ1v) is 8.26. The number of anilines is 1. The number of piperidine rings is 1. The highest BCUT2D eigenvalue weighted by Crippen LogP contribution is 2.20. The molecule has 1 saturated heterocycles. The van der Waals surface area contributed by atoms with Crippen LogP contribution in [0.4, 0.5) is 5.82 Å². The molecule has 25 heavy (non-hydrogen) atoms. The molecule has 8 heteroatoms. The number of primary amides is 1. The molecule has 0 aromatic carbocycles. The van der Waals surface area contributed by atoms with Crippen LogP contribution in [-0.2, 0) is 7.05 Å². The second-order valence-corrected chi connectivity index (χ2v) is 6.32. The van der Waals surface area contributed by atoms with Gasteiger partial charge in [0.2, 0.25) is 0 Å². The summed E-state index contributed by atoms with van der Waals surface area (Å²) in [6.07, 6.45) is 3.29. The van der Waals surface area contributed by atoms with Crippen molar-refractivity contribution in [3.05, 3.63) is 41.3 Å². The van der Waals surface area contributed by atoms with Crippen LogP contribution in [0.3, 0.4) is 0 Å². The third-order valence-corrected chi connectivity index (χ3v) is 4.34. The number of aromatic nitrogens is 3. The van der Waals surface area contributed by atoms with Crippen LogP contribution in [0.2, 0.25) is 0 Å². The predicted molar refractivity (Wildman–Crippen MR) is 93.4 cm³/mol. The average molecular weight is 342 g/mol. The smallest absolute Gasteiger partial charge is 0.267 e. The molecule has 0 spiro atoms. The van der Waals surface area contributed by atoms with Crippen molar-refractivity contribution in [3.8, 4) is 0 Å². The van der Waals surface area contributed by atoms with E-state index in [0.717, 1.165) is 37.4 Å². The van der Waals surface area contributed by atoms with Gasteiger partial charge in [0.1, 0.15) is 11.5 Å². The largest absolute Gasteiger partial charge is 0.364 e. The van der Waals surface area contributed by atoms with Gasteiger partial charge in [-0.3, -0.25) is 19.3 Å². The molecule has 1 aliphatic rings. The Hall–Kier alpha value is -2.90. The maximum Gasteiger partial charge on any atom is 0.267 e.